The summed E-state index contributed by atoms with van der Waals surface area (Å²) in [5.41, 5.74) is 2.06. The second-order valence-corrected chi connectivity index (χ2v) is 6.07. The van der Waals surface area contributed by atoms with Crippen LogP contribution in [0.25, 0.3) is 11.0 Å². The smallest absolute Gasteiger partial charge is 0.223 e. The number of allylic oxidation sites excluding steroid dienone is 2. The van der Waals surface area contributed by atoms with Crippen molar-refractivity contribution in [2.45, 2.75) is 39.2 Å². The van der Waals surface area contributed by atoms with Crippen molar-refractivity contribution < 1.29 is 9.21 Å². The monoisotopic (exact) mass is 297 g/mol. The molecule has 1 aromatic carbocycles. The van der Waals surface area contributed by atoms with E-state index in [1.165, 1.54) is 0 Å². The number of para-hydroxylation sites is 1. The van der Waals surface area contributed by atoms with Crippen LogP contribution in [-0.4, -0.2) is 17.9 Å². The summed E-state index contributed by atoms with van der Waals surface area (Å²) in [7, 11) is 1.89. The van der Waals surface area contributed by atoms with E-state index in [1.54, 1.807) is 0 Å². The second-order valence-electron chi connectivity index (χ2n) is 6.07. The molecule has 3 rings (SSSR count). The lowest BCUT2D eigenvalue weighted by Crippen LogP contribution is -2.27. The van der Waals surface area contributed by atoms with Crippen LogP contribution in [0.2, 0.25) is 0 Å². The van der Waals surface area contributed by atoms with E-state index >= 15 is 0 Å². The number of carbonyl (C=O) groups excluding carboxylic acids is 1. The number of amides is 1. The van der Waals surface area contributed by atoms with Gasteiger partial charge in [-0.25, -0.2) is 0 Å². The van der Waals surface area contributed by atoms with Crippen LogP contribution < -0.4 is 0 Å². The Bertz CT molecular complexity index is 699. The van der Waals surface area contributed by atoms with Crippen molar-refractivity contribution in [3.05, 3.63) is 47.7 Å². The van der Waals surface area contributed by atoms with Crippen LogP contribution in [0.3, 0.4) is 0 Å². The summed E-state index contributed by atoms with van der Waals surface area (Å²) in [6.45, 7) is 2.71. The number of fused-ring (bicyclic) bond motifs is 1. The van der Waals surface area contributed by atoms with Crippen molar-refractivity contribution in [3.63, 3.8) is 0 Å². The molecule has 0 bridgehead atoms. The average Bonchev–Trinajstić information content (AvgIpc) is 3.15. The Morgan fingerprint density at radius 1 is 1.36 bits per heavy atom. The van der Waals surface area contributed by atoms with Gasteiger partial charge in [0.05, 0.1) is 0 Å². The Hall–Kier alpha value is -2.03. The van der Waals surface area contributed by atoms with Gasteiger partial charge in [0.25, 0.3) is 0 Å². The number of carbonyl (C=O) groups is 1. The second kappa shape index (κ2) is 6.39. The van der Waals surface area contributed by atoms with Gasteiger partial charge in [0.15, 0.2) is 0 Å². The predicted molar refractivity (Wildman–Crippen MR) is 88.5 cm³/mol. The van der Waals surface area contributed by atoms with Crippen LogP contribution in [0.15, 0.2) is 40.8 Å². The molecule has 3 heteroatoms. The molecule has 1 atom stereocenters. The maximum absolute atomic E-state index is 12.4. The summed E-state index contributed by atoms with van der Waals surface area (Å²) in [6, 6.07) is 8.07. The first-order valence-corrected chi connectivity index (χ1v) is 8.09. The summed E-state index contributed by atoms with van der Waals surface area (Å²) in [5, 5.41) is 1.12. The number of hydrogen-bond acceptors (Lipinski definition) is 2. The van der Waals surface area contributed by atoms with Crippen molar-refractivity contribution in [3.8, 4) is 0 Å². The molecular formula is C19H23NO2. The van der Waals surface area contributed by atoms with E-state index in [4.69, 9.17) is 4.42 Å². The Kier molecular flexibility index (Phi) is 4.32. The number of nitrogens with zero attached hydrogens (tertiary/aromatic N) is 1. The first kappa shape index (κ1) is 14.9. The Morgan fingerprint density at radius 3 is 2.91 bits per heavy atom. The molecule has 1 amide bonds. The lowest BCUT2D eigenvalue weighted by molar-refractivity contribution is -0.131. The van der Waals surface area contributed by atoms with Gasteiger partial charge in [0, 0.05) is 37.4 Å². The van der Waals surface area contributed by atoms with Crippen LogP contribution >= 0.6 is 0 Å². The molecule has 2 aromatic rings. The Labute approximate surface area is 131 Å². The van der Waals surface area contributed by atoms with Crippen molar-refractivity contribution >= 4 is 16.9 Å². The molecule has 1 unspecified atom stereocenters. The number of benzene rings is 1. The van der Waals surface area contributed by atoms with Gasteiger partial charge in [-0.2, -0.15) is 0 Å². The fourth-order valence-corrected chi connectivity index (χ4v) is 3.18. The van der Waals surface area contributed by atoms with Crippen LogP contribution in [0.5, 0.6) is 0 Å². The van der Waals surface area contributed by atoms with E-state index in [9.17, 15) is 4.79 Å². The first-order valence-electron chi connectivity index (χ1n) is 8.09. The fraction of sp³-hybridized carbons (Fsp3) is 0.421. The normalized spacial score (nSPS) is 17.3. The molecule has 3 nitrogen and oxygen atoms in total. The highest BCUT2D eigenvalue weighted by Gasteiger charge is 2.20. The van der Waals surface area contributed by atoms with Gasteiger partial charge >= 0.3 is 0 Å². The van der Waals surface area contributed by atoms with Gasteiger partial charge in [-0.1, -0.05) is 37.3 Å². The molecule has 0 fully saturated rings. The molecule has 1 aliphatic carbocycles. The molecule has 1 aromatic heterocycles. The van der Waals surface area contributed by atoms with E-state index in [0.29, 0.717) is 18.9 Å². The minimum atomic E-state index is 0.212. The lowest BCUT2D eigenvalue weighted by Gasteiger charge is -2.19. The highest BCUT2D eigenvalue weighted by atomic mass is 16.3. The molecule has 1 aliphatic rings. The molecule has 116 valence electrons. The largest absolute Gasteiger partial charge is 0.461 e. The van der Waals surface area contributed by atoms with Crippen LogP contribution in [0.4, 0.5) is 0 Å². The number of rotatable bonds is 5. The molecule has 1 heterocycles. The Balaban J connectivity index is 1.76. The van der Waals surface area contributed by atoms with Crippen molar-refractivity contribution in [1.29, 1.82) is 0 Å². The maximum Gasteiger partial charge on any atom is 0.223 e. The molecule has 0 aliphatic heterocycles. The molecule has 0 saturated heterocycles. The lowest BCUT2D eigenvalue weighted by atomic mass is 10.0. The Morgan fingerprint density at radius 2 is 2.18 bits per heavy atom. The predicted octanol–water partition coefficient (Wildman–Crippen LogP) is 4.31. The third-order valence-electron chi connectivity index (χ3n) is 4.47. The summed E-state index contributed by atoms with van der Waals surface area (Å²) >= 11 is 0. The van der Waals surface area contributed by atoms with E-state index in [-0.39, 0.29) is 5.91 Å². The summed E-state index contributed by atoms with van der Waals surface area (Å²) in [6.07, 6.45) is 8.03. The highest BCUT2D eigenvalue weighted by molar-refractivity contribution is 5.83. The van der Waals surface area contributed by atoms with E-state index in [2.05, 4.69) is 25.1 Å². The molecule has 22 heavy (non-hydrogen) atoms. The topological polar surface area (TPSA) is 33.5 Å². The van der Waals surface area contributed by atoms with Crippen LogP contribution in [0, 0.1) is 5.92 Å². The van der Waals surface area contributed by atoms with Crippen LogP contribution in [0.1, 0.15) is 37.5 Å². The van der Waals surface area contributed by atoms with Crippen LogP contribution in [-0.2, 0) is 17.8 Å². The number of aryl methyl sites for hydroxylation is 1. The third-order valence-corrected chi connectivity index (χ3v) is 4.47. The quantitative estimate of drug-likeness (QED) is 0.771. The van der Waals surface area contributed by atoms with Gasteiger partial charge in [0.1, 0.15) is 11.3 Å². The van der Waals surface area contributed by atoms with Gasteiger partial charge in [0.2, 0.25) is 5.91 Å². The minimum Gasteiger partial charge on any atom is -0.461 e. The molecule has 0 spiro atoms. The van der Waals surface area contributed by atoms with Gasteiger partial charge < -0.3 is 9.32 Å². The fourth-order valence-electron chi connectivity index (χ4n) is 3.18. The zero-order chi connectivity index (χ0) is 15.5. The van der Waals surface area contributed by atoms with Crippen molar-refractivity contribution in [2.75, 3.05) is 7.05 Å². The summed E-state index contributed by atoms with van der Waals surface area (Å²) < 4.78 is 5.91. The average molecular weight is 297 g/mol. The molecule has 0 saturated carbocycles. The highest BCUT2D eigenvalue weighted by Crippen LogP contribution is 2.28. The molecule has 0 radical (unpaired) electrons. The molecular weight excluding hydrogens is 274 g/mol. The van der Waals surface area contributed by atoms with E-state index in [1.807, 2.05) is 30.1 Å². The van der Waals surface area contributed by atoms with Gasteiger partial charge in [-0.15, -0.1) is 0 Å². The SMILES string of the molecule is CCc1oc2ccccc2c1CN(C)C(=O)CC1C=CCC1. The maximum atomic E-state index is 12.4. The number of furan rings is 1. The summed E-state index contributed by atoms with van der Waals surface area (Å²) in [5.74, 6) is 1.62. The van der Waals surface area contributed by atoms with Crippen molar-refractivity contribution in [1.82, 2.24) is 4.90 Å². The zero-order valence-electron chi connectivity index (χ0n) is 13.3. The van der Waals surface area contributed by atoms with E-state index in [0.717, 1.165) is 41.6 Å². The van der Waals surface area contributed by atoms with Gasteiger partial charge in [-0.05, 0) is 24.8 Å². The third kappa shape index (κ3) is 2.94. The van der Waals surface area contributed by atoms with E-state index < -0.39 is 0 Å². The standard InChI is InChI=1S/C19H23NO2/c1-3-17-16(15-10-6-7-11-18(15)22-17)13-20(2)19(21)12-14-8-4-5-9-14/h4,6-8,10-11,14H,3,5,9,12-13H2,1-2H3. The summed E-state index contributed by atoms with van der Waals surface area (Å²) in [4.78, 5) is 14.3. The van der Waals surface area contributed by atoms with Gasteiger partial charge in [-0.3, -0.25) is 4.79 Å². The minimum absolute atomic E-state index is 0.212. The van der Waals surface area contributed by atoms with Crippen molar-refractivity contribution in [2.24, 2.45) is 5.92 Å². The number of hydrogen-bond donors (Lipinski definition) is 0. The molecule has 0 N–H and O–H groups in total. The first-order chi connectivity index (χ1) is 10.7. The zero-order valence-corrected chi connectivity index (χ0v) is 13.3.